The maximum absolute atomic E-state index is 11.8. The number of ether oxygens (including phenoxy) is 2. The van der Waals surface area contributed by atoms with E-state index in [0.29, 0.717) is 29.9 Å². The van der Waals surface area contributed by atoms with Gasteiger partial charge in [0.25, 0.3) is 5.91 Å². The Morgan fingerprint density at radius 3 is 3.00 bits per heavy atom. The lowest BCUT2D eigenvalue weighted by molar-refractivity contribution is -0.117. The van der Waals surface area contributed by atoms with E-state index in [9.17, 15) is 4.79 Å². The Labute approximate surface area is 128 Å². The Morgan fingerprint density at radius 1 is 1.38 bits per heavy atom. The van der Waals surface area contributed by atoms with E-state index < -0.39 is 5.91 Å². The molecule has 0 aromatic carbocycles. The third-order valence-electron chi connectivity index (χ3n) is 2.51. The third-order valence-corrected chi connectivity index (χ3v) is 3.75. The zero-order valence-electron chi connectivity index (χ0n) is 10.7. The molecule has 0 fully saturated rings. The quantitative estimate of drug-likeness (QED) is 0.926. The van der Waals surface area contributed by atoms with Gasteiger partial charge in [-0.2, -0.15) is 0 Å². The third kappa shape index (κ3) is 3.53. The first kappa shape index (κ1) is 13.9. The van der Waals surface area contributed by atoms with Gasteiger partial charge in [-0.3, -0.25) is 10.1 Å². The predicted octanol–water partition coefficient (Wildman–Crippen LogP) is 2.20. The van der Waals surface area contributed by atoms with Gasteiger partial charge in [0, 0.05) is 4.88 Å². The fourth-order valence-corrected chi connectivity index (χ4v) is 2.70. The number of hydrogen-bond acceptors (Lipinski definition) is 7. The van der Waals surface area contributed by atoms with Gasteiger partial charge in [0.05, 0.1) is 10.8 Å². The molecule has 2 aromatic heterocycles. The molecule has 9 heteroatoms. The zero-order chi connectivity index (χ0) is 14.7. The van der Waals surface area contributed by atoms with Crippen molar-refractivity contribution in [1.29, 1.82) is 0 Å². The highest BCUT2D eigenvalue weighted by atomic mass is 35.5. The van der Waals surface area contributed by atoms with E-state index in [2.05, 4.69) is 15.5 Å². The molecule has 1 aliphatic heterocycles. The number of carbonyl (C=O) groups excluding carboxylic acids is 1. The summed E-state index contributed by atoms with van der Waals surface area (Å²) in [6.45, 7) is 0.748. The maximum atomic E-state index is 11.8. The number of halogens is 1. The van der Waals surface area contributed by atoms with Crippen LogP contribution in [0.1, 0.15) is 10.8 Å². The van der Waals surface area contributed by atoms with Gasteiger partial charge in [-0.05, 0) is 12.1 Å². The average Bonchev–Trinajstić information content (AvgIpc) is 3.09. The molecule has 0 unspecified atom stereocenters. The van der Waals surface area contributed by atoms with Gasteiger partial charge in [0.1, 0.15) is 19.5 Å². The zero-order valence-corrected chi connectivity index (χ0v) is 12.2. The van der Waals surface area contributed by atoms with Gasteiger partial charge in [-0.1, -0.05) is 16.7 Å². The second kappa shape index (κ2) is 6.15. The summed E-state index contributed by atoms with van der Waals surface area (Å²) in [6.07, 6.45) is 1.71. The topological polar surface area (TPSA) is 86.5 Å². The summed E-state index contributed by atoms with van der Waals surface area (Å²) >= 11 is 7.28. The summed E-state index contributed by atoms with van der Waals surface area (Å²) in [4.78, 5) is 12.8. The molecule has 1 amide bonds. The molecule has 1 N–H and O–H groups in total. The molecule has 3 rings (SSSR count). The molecular formula is C12H10ClN3O4S. The molecule has 110 valence electrons. The monoisotopic (exact) mass is 327 g/mol. The van der Waals surface area contributed by atoms with Crippen LogP contribution in [0, 0.1) is 0 Å². The highest BCUT2D eigenvalue weighted by Gasteiger charge is 2.18. The minimum absolute atomic E-state index is 0.00715. The Balaban J connectivity index is 1.62. The summed E-state index contributed by atoms with van der Waals surface area (Å²) in [5.41, 5.74) is 0. The number of amides is 1. The van der Waals surface area contributed by atoms with Crippen molar-refractivity contribution in [3.05, 3.63) is 39.3 Å². The molecule has 0 radical (unpaired) electrons. The summed E-state index contributed by atoms with van der Waals surface area (Å²) < 4.78 is 16.2. The second-order valence-corrected chi connectivity index (χ2v) is 5.84. The van der Waals surface area contributed by atoms with Gasteiger partial charge in [-0.15, -0.1) is 16.4 Å². The average molecular weight is 328 g/mol. The normalized spacial score (nSPS) is 14.0. The summed E-state index contributed by atoms with van der Waals surface area (Å²) in [7, 11) is 0. The number of nitrogens with one attached hydrogen (secondary N) is 1. The number of nitrogens with zero attached hydrogens (tertiary/aromatic N) is 2. The summed E-state index contributed by atoms with van der Waals surface area (Å²) in [6, 6.07) is 3.69. The van der Waals surface area contributed by atoms with Crippen molar-refractivity contribution in [1.82, 2.24) is 10.2 Å². The molecular weight excluding hydrogens is 318 g/mol. The van der Waals surface area contributed by atoms with Crippen molar-refractivity contribution in [3.63, 3.8) is 0 Å². The number of hydrogen-bond donors (Lipinski definition) is 1. The van der Waals surface area contributed by atoms with E-state index in [-0.39, 0.29) is 11.8 Å². The van der Waals surface area contributed by atoms with E-state index in [4.69, 9.17) is 25.5 Å². The van der Waals surface area contributed by atoms with Crippen LogP contribution in [0.15, 0.2) is 28.6 Å². The van der Waals surface area contributed by atoms with Crippen molar-refractivity contribution in [3.8, 4) is 0 Å². The molecule has 0 bridgehead atoms. The van der Waals surface area contributed by atoms with Gasteiger partial charge < -0.3 is 13.9 Å². The molecule has 3 heterocycles. The van der Waals surface area contributed by atoms with Crippen LogP contribution in [0.3, 0.4) is 0 Å². The minimum atomic E-state index is -0.496. The Morgan fingerprint density at radius 2 is 2.29 bits per heavy atom. The van der Waals surface area contributed by atoms with Crippen LogP contribution in [0.5, 0.6) is 0 Å². The van der Waals surface area contributed by atoms with Crippen molar-refractivity contribution in [2.45, 2.75) is 6.42 Å². The lowest BCUT2D eigenvalue weighted by Crippen LogP contribution is -2.21. The molecule has 1 aliphatic rings. The van der Waals surface area contributed by atoms with Gasteiger partial charge in [-0.25, -0.2) is 0 Å². The van der Waals surface area contributed by atoms with Crippen LogP contribution in [-0.4, -0.2) is 29.3 Å². The van der Waals surface area contributed by atoms with Crippen LogP contribution in [0.4, 0.5) is 6.01 Å². The smallest absolute Gasteiger partial charge is 0.322 e. The fraction of sp³-hybridized carbons (Fsp3) is 0.250. The highest BCUT2D eigenvalue weighted by molar-refractivity contribution is 7.16. The molecule has 21 heavy (non-hydrogen) atoms. The van der Waals surface area contributed by atoms with Crippen molar-refractivity contribution in [2.75, 3.05) is 18.5 Å². The van der Waals surface area contributed by atoms with Crippen molar-refractivity contribution < 1.29 is 18.7 Å². The maximum Gasteiger partial charge on any atom is 0.322 e. The highest BCUT2D eigenvalue weighted by Crippen LogP contribution is 2.23. The van der Waals surface area contributed by atoms with E-state index in [1.54, 1.807) is 6.07 Å². The van der Waals surface area contributed by atoms with Crippen LogP contribution < -0.4 is 5.32 Å². The fourth-order valence-electron chi connectivity index (χ4n) is 1.62. The first-order valence-electron chi connectivity index (χ1n) is 6.03. The molecule has 2 aromatic rings. The van der Waals surface area contributed by atoms with Crippen molar-refractivity contribution in [2.24, 2.45) is 0 Å². The standard InChI is InChI=1S/C12H10ClN3O4S/c13-9-2-1-7(21-9)5-10-15-16-12(20-10)14-11(17)8-6-18-3-4-19-8/h1-2,6H,3-5H2,(H,14,16,17). The SMILES string of the molecule is O=C(Nc1nnc(Cc2ccc(Cl)s2)o1)C1=COCCO1. The van der Waals surface area contributed by atoms with Crippen LogP contribution >= 0.6 is 22.9 Å². The minimum Gasteiger partial charge on any atom is -0.494 e. The van der Waals surface area contributed by atoms with Crippen LogP contribution in [-0.2, 0) is 20.7 Å². The van der Waals surface area contributed by atoms with E-state index in [0.717, 1.165) is 4.88 Å². The first-order chi connectivity index (χ1) is 10.2. The molecule has 0 aliphatic carbocycles. The Bertz CT molecular complexity index is 682. The largest absolute Gasteiger partial charge is 0.494 e. The van der Waals surface area contributed by atoms with E-state index in [1.807, 2.05) is 6.07 Å². The second-order valence-electron chi connectivity index (χ2n) is 4.04. The lowest BCUT2D eigenvalue weighted by Gasteiger charge is -2.13. The van der Waals surface area contributed by atoms with Gasteiger partial charge in [0.15, 0.2) is 0 Å². The van der Waals surface area contributed by atoms with Crippen molar-refractivity contribution >= 4 is 34.9 Å². The lowest BCUT2D eigenvalue weighted by atomic mass is 10.3. The Hall–Kier alpha value is -2.06. The number of carbonyl (C=O) groups is 1. The molecule has 0 saturated heterocycles. The predicted molar refractivity (Wildman–Crippen MR) is 75.0 cm³/mol. The molecule has 7 nitrogen and oxygen atoms in total. The van der Waals surface area contributed by atoms with Gasteiger partial charge in [0.2, 0.25) is 11.6 Å². The van der Waals surface area contributed by atoms with Gasteiger partial charge >= 0.3 is 6.01 Å². The summed E-state index contributed by atoms with van der Waals surface area (Å²) in [5, 5.41) is 10.1. The first-order valence-corrected chi connectivity index (χ1v) is 7.22. The molecule has 0 spiro atoms. The number of aromatic nitrogens is 2. The van der Waals surface area contributed by atoms with Crippen LogP contribution in [0.25, 0.3) is 0 Å². The number of rotatable bonds is 4. The number of anilines is 1. The summed E-state index contributed by atoms with van der Waals surface area (Å²) in [5.74, 6) is -0.0336. The molecule has 0 saturated carbocycles. The number of thiophene rings is 1. The van der Waals surface area contributed by atoms with E-state index >= 15 is 0 Å². The molecule has 0 atom stereocenters. The van der Waals surface area contributed by atoms with Crippen LogP contribution in [0.2, 0.25) is 4.34 Å². The van der Waals surface area contributed by atoms with E-state index in [1.165, 1.54) is 17.6 Å². The Kier molecular flexibility index (Phi) is 4.07.